The van der Waals surface area contributed by atoms with Crippen LogP contribution in [0.4, 0.5) is 0 Å². The van der Waals surface area contributed by atoms with Gasteiger partial charge in [-0.25, -0.2) is 4.79 Å². The first kappa shape index (κ1) is 20.7. The molecule has 30 heavy (non-hydrogen) atoms. The highest BCUT2D eigenvalue weighted by molar-refractivity contribution is 5.66. The second-order valence-electron chi connectivity index (χ2n) is 8.95. The summed E-state index contributed by atoms with van der Waals surface area (Å²) in [5.41, 5.74) is -0.659. The minimum absolute atomic E-state index is 0.142. The number of hydrogen-bond acceptors (Lipinski definition) is 6. The molecule has 1 fully saturated rings. The van der Waals surface area contributed by atoms with E-state index in [2.05, 4.69) is 13.8 Å². The summed E-state index contributed by atoms with van der Waals surface area (Å²) in [6, 6.07) is 10.9. The molecule has 1 N–H and O–H groups in total. The molecule has 5 atom stereocenters. The number of rotatable bonds is 3. The van der Waals surface area contributed by atoms with E-state index in [1.165, 1.54) is 6.92 Å². The Kier molecular flexibility index (Phi) is 5.22. The monoisotopic (exact) mass is 412 g/mol. The van der Waals surface area contributed by atoms with E-state index in [9.17, 15) is 14.7 Å². The maximum absolute atomic E-state index is 12.8. The van der Waals surface area contributed by atoms with E-state index in [0.717, 1.165) is 5.56 Å². The number of fused-ring (bicyclic) bond motifs is 2. The summed E-state index contributed by atoms with van der Waals surface area (Å²) in [6.07, 6.45) is -0.248. The second kappa shape index (κ2) is 7.58. The van der Waals surface area contributed by atoms with Crippen LogP contribution in [0.25, 0.3) is 11.3 Å². The number of benzene rings is 1. The fourth-order valence-corrected chi connectivity index (χ4v) is 4.91. The van der Waals surface area contributed by atoms with Crippen molar-refractivity contribution in [3.05, 3.63) is 52.4 Å². The molecule has 1 saturated carbocycles. The lowest BCUT2D eigenvalue weighted by atomic mass is 9.63. The molecule has 1 aliphatic heterocycles. The minimum atomic E-state index is -1.06. The van der Waals surface area contributed by atoms with Crippen molar-refractivity contribution in [2.24, 2.45) is 17.8 Å². The zero-order valence-corrected chi connectivity index (χ0v) is 17.8. The molecule has 1 aromatic heterocycles. The van der Waals surface area contributed by atoms with E-state index in [0.29, 0.717) is 24.5 Å². The maximum Gasteiger partial charge on any atom is 0.345 e. The fourth-order valence-electron chi connectivity index (χ4n) is 4.91. The van der Waals surface area contributed by atoms with Crippen molar-refractivity contribution in [3.63, 3.8) is 0 Å². The maximum atomic E-state index is 12.8. The summed E-state index contributed by atoms with van der Waals surface area (Å²) < 4.78 is 17.6. The van der Waals surface area contributed by atoms with Gasteiger partial charge in [0.1, 0.15) is 28.8 Å². The zero-order valence-electron chi connectivity index (χ0n) is 17.8. The standard InChI is InChI=1S/C24H28O6/c1-13(2)16-10-17-22(26)21-19(30-24(17,4)20(11-16)28-14(3)25)12-18(29-23(21)27)15-8-6-5-7-9-15/h5-9,12-13,16-17,20,22,26H,10-11H2,1-4H3. The van der Waals surface area contributed by atoms with Gasteiger partial charge in [-0.05, 0) is 31.6 Å². The van der Waals surface area contributed by atoms with Crippen LogP contribution < -0.4 is 10.4 Å². The molecule has 0 spiro atoms. The summed E-state index contributed by atoms with van der Waals surface area (Å²) in [6.45, 7) is 7.48. The summed E-state index contributed by atoms with van der Waals surface area (Å²) in [5.74, 6) is 0.470. The summed E-state index contributed by atoms with van der Waals surface area (Å²) in [4.78, 5) is 24.7. The lowest BCUT2D eigenvalue weighted by Crippen LogP contribution is -2.61. The highest BCUT2D eigenvalue weighted by Gasteiger charge is 2.57. The largest absolute Gasteiger partial charge is 0.482 e. The highest BCUT2D eigenvalue weighted by Crippen LogP contribution is 2.53. The predicted octanol–water partition coefficient (Wildman–Crippen LogP) is 4.11. The summed E-state index contributed by atoms with van der Waals surface area (Å²) >= 11 is 0. The van der Waals surface area contributed by atoms with Crippen molar-refractivity contribution in [2.75, 3.05) is 0 Å². The van der Waals surface area contributed by atoms with Crippen LogP contribution in [-0.2, 0) is 9.53 Å². The number of aliphatic hydroxyl groups excluding tert-OH is 1. The Labute approximate surface area is 175 Å². The molecule has 6 nitrogen and oxygen atoms in total. The third-order valence-corrected chi connectivity index (χ3v) is 6.72. The molecule has 4 rings (SSSR count). The Morgan fingerprint density at radius 2 is 1.93 bits per heavy atom. The second-order valence-corrected chi connectivity index (χ2v) is 8.95. The van der Waals surface area contributed by atoms with Crippen molar-refractivity contribution in [3.8, 4) is 17.1 Å². The molecule has 6 heteroatoms. The van der Waals surface area contributed by atoms with Gasteiger partial charge in [0.05, 0.1) is 6.10 Å². The number of carbonyl (C=O) groups excluding carboxylic acids is 1. The fraction of sp³-hybridized carbons (Fsp3) is 0.500. The third-order valence-electron chi connectivity index (χ3n) is 6.72. The molecule has 5 unspecified atom stereocenters. The minimum Gasteiger partial charge on any atom is -0.482 e. The lowest BCUT2D eigenvalue weighted by Gasteiger charge is -2.53. The van der Waals surface area contributed by atoms with Crippen molar-refractivity contribution < 1.29 is 23.8 Å². The van der Waals surface area contributed by atoms with Crippen molar-refractivity contribution in [1.29, 1.82) is 0 Å². The van der Waals surface area contributed by atoms with Crippen LogP contribution in [0.15, 0.2) is 45.6 Å². The molecule has 0 amide bonds. The van der Waals surface area contributed by atoms with Crippen molar-refractivity contribution >= 4 is 5.97 Å². The average molecular weight is 412 g/mol. The quantitative estimate of drug-likeness (QED) is 0.764. The van der Waals surface area contributed by atoms with Gasteiger partial charge < -0.3 is 19.0 Å². The van der Waals surface area contributed by atoms with E-state index >= 15 is 0 Å². The number of aliphatic hydroxyl groups is 1. The van der Waals surface area contributed by atoms with Gasteiger partial charge in [0.2, 0.25) is 0 Å². The van der Waals surface area contributed by atoms with E-state index in [4.69, 9.17) is 13.9 Å². The van der Waals surface area contributed by atoms with Gasteiger partial charge in [0.15, 0.2) is 0 Å². The SMILES string of the molecule is CC(=O)OC1CC(C(C)C)CC2C(O)c3c(cc(-c4ccccc4)oc3=O)OC12C. The number of ether oxygens (including phenoxy) is 2. The van der Waals surface area contributed by atoms with Crippen molar-refractivity contribution in [2.45, 2.75) is 58.3 Å². The van der Waals surface area contributed by atoms with E-state index in [-0.39, 0.29) is 29.1 Å². The van der Waals surface area contributed by atoms with Crippen LogP contribution in [0.2, 0.25) is 0 Å². The Hall–Kier alpha value is -2.60. The Balaban J connectivity index is 1.81. The molecule has 2 aromatic rings. The Morgan fingerprint density at radius 3 is 2.57 bits per heavy atom. The molecule has 0 radical (unpaired) electrons. The van der Waals surface area contributed by atoms with Gasteiger partial charge >= 0.3 is 11.6 Å². The van der Waals surface area contributed by atoms with Crippen molar-refractivity contribution in [1.82, 2.24) is 0 Å². The van der Waals surface area contributed by atoms with Crippen LogP contribution in [0, 0.1) is 17.8 Å². The molecule has 2 aliphatic rings. The number of esters is 1. The van der Waals surface area contributed by atoms with E-state index in [1.54, 1.807) is 6.07 Å². The molecule has 1 aromatic carbocycles. The first-order valence-corrected chi connectivity index (χ1v) is 10.5. The van der Waals surface area contributed by atoms with Gasteiger partial charge in [-0.2, -0.15) is 0 Å². The molecule has 160 valence electrons. The van der Waals surface area contributed by atoms with Gasteiger partial charge in [-0.15, -0.1) is 0 Å². The van der Waals surface area contributed by atoms with Gasteiger partial charge in [0.25, 0.3) is 0 Å². The lowest BCUT2D eigenvalue weighted by molar-refractivity contribution is -0.194. The van der Waals surface area contributed by atoms with Gasteiger partial charge in [0, 0.05) is 24.5 Å². The summed E-state index contributed by atoms with van der Waals surface area (Å²) in [7, 11) is 0. The van der Waals surface area contributed by atoms with Crippen LogP contribution in [-0.4, -0.2) is 22.8 Å². The highest BCUT2D eigenvalue weighted by atomic mass is 16.6. The first-order chi connectivity index (χ1) is 14.2. The third kappa shape index (κ3) is 3.43. The molecular weight excluding hydrogens is 384 g/mol. The summed E-state index contributed by atoms with van der Waals surface area (Å²) in [5, 5.41) is 11.2. The van der Waals surface area contributed by atoms with Crippen LogP contribution in [0.3, 0.4) is 0 Å². The topological polar surface area (TPSA) is 86.0 Å². The number of carbonyl (C=O) groups is 1. The van der Waals surface area contributed by atoms with Crippen LogP contribution >= 0.6 is 0 Å². The predicted molar refractivity (Wildman–Crippen MR) is 111 cm³/mol. The van der Waals surface area contributed by atoms with Gasteiger partial charge in [-0.3, -0.25) is 4.79 Å². The Morgan fingerprint density at radius 1 is 1.23 bits per heavy atom. The Bertz CT molecular complexity index is 995. The van der Waals surface area contributed by atoms with Crippen LogP contribution in [0.1, 0.15) is 52.2 Å². The zero-order chi connectivity index (χ0) is 21.6. The average Bonchev–Trinajstić information content (AvgIpc) is 2.68. The smallest absolute Gasteiger partial charge is 0.345 e. The molecule has 2 heterocycles. The van der Waals surface area contributed by atoms with Crippen LogP contribution in [0.5, 0.6) is 5.75 Å². The molecule has 0 bridgehead atoms. The molecule has 0 saturated heterocycles. The first-order valence-electron chi connectivity index (χ1n) is 10.5. The van der Waals surface area contributed by atoms with Gasteiger partial charge in [-0.1, -0.05) is 44.2 Å². The molecular formula is C24H28O6. The number of hydrogen-bond donors (Lipinski definition) is 1. The van der Waals surface area contributed by atoms with E-state index in [1.807, 2.05) is 37.3 Å². The molecule has 1 aliphatic carbocycles. The van der Waals surface area contributed by atoms with E-state index < -0.39 is 23.4 Å². The normalized spacial score (nSPS) is 30.2.